The zero-order chi connectivity index (χ0) is 15.5. The zero-order valence-corrected chi connectivity index (χ0v) is 12.4. The number of ether oxygens (including phenoxy) is 1. The molecule has 2 aromatic carbocycles. The van der Waals surface area contributed by atoms with Crippen molar-refractivity contribution in [3.8, 4) is 5.75 Å². The van der Waals surface area contributed by atoms with Gasteiger partial charge < -0.3 is 10.1 Å². The molecule has 0 saturated carbocycles. The Morgan fingerprint density at radius 2 is 1.91 bits per heavy atom. The summed E-state index contributed by atoms with van der Waals surface area (Å²) < 4.78 is 5.44. The van der Waals surface area contributed by atoms with E-state index in [1.165, 1.54) is 17.2 Å². The predicted molar refractivity (Wildman–Crippen MR) is 85.5 cm³/mol. The number of anilines is 1. The molecule has 22 heavy (non-hydrogen) atoms. The number of nitrogens with zero attached hydrogens (tertiary/aromatic N) is 1. The van der Waals surface area contributed by atoms with E-state index >= 15 is 0 Å². The summed E-state index contributed by atoms with van der Waals surface area (Å²) in [6.45, 7) is 2.42. The number of fused-ring (bicyclic) bond motifs is 1. The summed E-state index contributed by atoms with van der Waals surface area (Å²) in [5, 5.41) is 14.5. The van der Waals surface area contributed by atoms with Gasteiger partial charge in [-0.3, -0.25) is 10.1 Å². The van der Waals surface area contributed by atoms with Crippen LogP contribution in [0.15, 0.2) is 42.5 Å². The first-order valence-electron chi connectivity index (χ1n) is 7.42. The van der Waals surface area contributed by atoms with Crippen LogP contribution in [0.1, 0.15) is 18.1 Å². The summed E-state index contributed by atoms with van der Waals surface area (Å²) >= 11 is 0. The molecule has 0 radical (unpaired) electrons. The lowest BCUT2D eigenvalue weighted by molar-refractivity contribution is -0.384. The van der Waals surface area contributed by atoms with Gasteiger partial charge in [-0.2, -0.15) is 0 Å². The Morgan fingerprint density at radius 1 is 1.23 bits per heavy atom. The normalized spacial score (nSPS) is 13.7. The summed E-state index contributed by atoms with van der Waals surface area (Å²) in [6, 6.07) is 13.3. The molecule has 3 rings (SSSR count). The van der Waals surface area contributed by atoms with Crippen LogP contribution in [-0.4, -0.2) is 17.6 Å². The maximum atomic E-state index is 11.2. The molecule has 0 bridgehead atoms. The van der Waals surface area contributed by atoms with Crippen LogP contribution in [0, 0.1) is 10.1 Å². The first-order chi connectivity index (χ1) is 10.7. The van der Waals surface area contributed by atoms with E-state index < -0.39 is 0 Å². The van der Waals surface area contributed by atoms with Crippen molar-refractivity contribution in [2.24, 2.45) is 0 Å². The molecule has 2 aromatic rings. The molecule has 0 aromatic heterocycles. The maximum Gasteiger partial charge on any atom is 0.292 e. The lowest BCUT2D eigenvalue weighted by Crippen LogP contribution is -2.20. The number of hydrogen-bond acceptors (Lipinski definition) is 4. The highest BCUT2D eigenvalue weighted by Gasteiger charge is 2.24. The number of nitro groups is 1. The van der Waals surface area contributed by atoms with Gasteiger partial charge in [0.25, 0.3) is 5.69 Å². The summed E-state index contributed by atoms with van der Waals surface area (Å²) in [4.78, 5) is 10.8. The molecule has 5 nitrogen and oxygen atoms in total. The average Bonchev–Trinajstić information content (AvgIpc) is 2.89. The summed E-state index contributed by atoms with van der Waals surface area (Å²) in [5.41, 5.74) is 3.22. The largest absolute Gasteiger partial charge is 0.494 e. The number of nitro benzene ring substituents is 1. The van der Waals surface area contributed by atoms with Gasteiger partial charge in [-0.1, -0.05) is 24.3 Å². The number of rotatable bonds is 5. The molecule has 114 valence electrons. The van der Waals surface area contributed by atoms with Gasteiger partial charge in [0.1, 0.15) is 11.4 Å². The molecule has 0 saturated heterocycles. The van der Waals surface area contributed by atoms with E-state index in [1.807, 2.05) is 19.1 Å². The summed E-state index contributed by atoms with van der Waals surface area (Å²) in [6.07, 6.45) is 1.76. The Kier molecular flexibility index (Phi) is 3.96. The highest BCUT2D eigenvalue weighted by Crippen LogP contribution is 2.32. The van der Waals surface area contributed by atoms with Crippen LogP contribution >= 0.6 is 0 Å². The van der Waals surface area contributed by atoms with Gasteiger partial charge in [0.05, 0.1) is 11.5 Å². The third kappa shape index (κ3) is 2.88. The fourth-order valence-electron chi connectivity index (χ4n) is 2.93. The fourth-order valence-corrected chi connectivity index (χ4v) is 2.93. The van der Waals surface area contributed by atoms with Crippen molar-refractivity contribution in [3.63, 3.8) is 0 Å². The maximum absolute atomic E-state index is 11.2. The zero-order valence-electron chi connectivity index (χ0n) is 12.4. The van der Waals surface area contributed by atoms with Crippen LogP contribution in [0.25, 0.3) is 0 Å². The van der Waals surface area contributed by atoms with Gasteiger partial charge in [0.2, 0.25) is 0 Å². The topological polar surface area (TPSA) is 64.4 Å². The summed E-state index contributed by atoms with van der Waals surface area (Å²) in [5.74, 6) is 0.645. The fraction of sp³-hybridized carbons (Fsp3) is 0.294. The van der Waals surface area contributed by atoms with Crippen LogP contribution in [-0.2, 0) is 12.8 Å². The van der Waals surface area contributed by atoms with Crippen LogP contribution in [0.4, 0.5) is 11.4 Å². The molecule has 1 aliphatic rings. The molecule has 0 spiro atoms. The summed E-state index contributed by atoms with van der Waals surface area (Å²) in [7, 11) is 0. The molecule has 0 unspecified atom stereocenters. The second-order valence-electron chi connectivity index (χ2n) is 5.39. The second-order valence-corrected chi connectivity index (χ2v) is 5.39. The third-order valence-electron chi connectivity index (χ3n) is 3.89. The Morgan fingerprint density at radius 3 is 2.50 bits per heavy atom. The Balaban J connectivity index is 1.82. The van der Waals surface area contributed by atoms with Crippen molar-refractivity contribution in [1.82, 2.24) is 0 Å². The predicted octanol–water partition coefficient (Wildman–Crippen LogP) is 3.57. The van der Waals surface area contributed by atoms with Crippen molar-refractivity contribution in [3.05, 3.63) is 63.7 Å². The number of hydrogen-bond donors (Lipinski definition) is 1. The lowest BCUT2D eigenvalue weighted by Gasteiger charge is -2.15. The van der Waals surface area contributed by atoms with Crippen molar-refractivity contribution >= 4 is 11.4 Å². The Bertz CT molecular complexity index is 675. The van der Waals surface area contributed by atoms with Crippen molar-refractivity contribution in [2.45, 2.75) is 25.8 Å². The molecule has 1 aliphatic carbocycles. The van der Waals surface area contributed by atoms with Crippen molar-refractivity contribution < 1.29 is 9.66 Å². The first-order valence-corrected chi connectivity index (χ1v) is 7.42. The van der Waals surface area contributed by atoms with Crippen LogP contribution in [0.3, 0.4) is 0 Å². The smallest absolute Gasteiger partial charge is 0.292 e. The average molecular weight is 298 g/mol. The Hall–Kier alpha value is -2.56. The molecule has 0 fully saturated rings. The van der Waals surface area contributed by atoms with Gasteiger partial charge in [-0.05, 0) is 37.0 Å². The number of nitrogens with one attached hydrogen (secondary N) is 1. The first kappa shape index (κ1) is 14.4. The molecule has 0 amide bonds. The highest BCUT2D eigenvalue weighted by molar-refractivity contribution is 5.65. The van der Waals surface area contributed by atoms with E-state index in [0.29, 0.717) is 18.0 Å². The number of benzene rings is 2. The standard InChI is InChI=1S/C17H18N2O3/c1-2-22-15-7-8-17(19(20)21)16(11-15)18-14-9-12-5-3-4-6-13(12)10-14/h3-8,11,14,18H,2,9-10H2,1H3. The molecule has 0 atom stereocenters. The minimum atomic E-state index is -0.361. The van der Waals surface area contributed by atoms with Gasteiger partial charge in [0, 0.05) is 18.2 Å². The molecular formula is C17H18N2O3. The van der Waals surface area contributed by atoms with Gasteiger partial charge in [-0.25, -0.2) is 0 Å². The van der Waals surface area contributed by atoms with E-state index in [-0.39, 0.29) is 16.7 Å². The SMILES string of the molecule is CCOc1ccc([N+](=O)[O-])c(NC2Cc3ccccc3C2)c1. The molecule has 0 aliphatic heterocycles. The second kappa shape index (κ2) is 6.05. The van der Waals surface area contributed by atoms with E-state index in [1.54, 1.807) is 12.1 Å². The van der Waals surface area contributed by atoms with E-state index in [0.717, 1.165) is 12.8 Å². The quantitative estimate of drug-likeness (QED) is 0.677. The Labute approximate surface area is 129 Å². The molecule has 1 N–H and O–H groups in total. The molecule has 5 heteroatoms. The third-order valence-corrected chi connectivity index (χ3v) is 3.89. The van der Waals surface area contributed by atoms with Gasteiger partial charge in [0.15, 0.2) is 0 Å². The van der Waals surface area contributed by atoms with E-state index in [9.17, 15) is 10.1 Å². The molecule has 0 heterocycles. The van der Waals surface area contributed by atoms with Crippen LogP contribution in [0.2, 0.25) is 0 Å². The minimum absolute atomic E-state index is 0.0828. The monoisotopic (exact) mass is 298 g/mol. The van der Waals surface area contributed by atoms with Crippen LogP contribution in [0.5, 0.6) is 5.75 Å². The molecular weight excluding hydrogens is 280 g/mol. The lowest BCUT2D eigenvalue weighted by atomic mass is 10.1. The minimum Gasteiger partial charge on any atom is -0.494 e. The van der Waals surface area contributed by atoms with Crippen LogP contribution < -0.4 is 10.1 Å². The van der Waals surface area contributed by atoms with E-state index in [4.69, 9.17) is 4.74 Å². The van der Waals surface area contributed by atoms with Crippen molar-refractivity contribution in [2.75, 3.05) is 11.9 Å². The van der Waals surface area contributed by atoms with E-state index in [2.05, 4.69) is 17.4 Å². The van der Waals surface area contributed by atoms with Crippen molar-refractivity contribution in [1.29, 1.82) is 0 Å². The van der Waals surface area contributed by atoms with Gasteiger partial charge in [-0.15, -0.1) is 0 Å². The highest BCUT2D eigenvalue weighted by atomic mass is 16.6. The van der Waals surface area contributed by atoms with Gasteiger partial charge >= 0.3 is 0 Å².